The molecule has 0 aliphatic carbocycles. The summed E-state index contributed by atoms with van der Waals surface area (Å²) in [5.41, 5.74) is 4.81. The van der Waals surface area contributed by atoms with Crippen LogP contribution in [0.5, 0.6) is 0 Å². The molecule has 0 spiro atoms. The lowest BCUT2D eigenvalue weighted by Gasteiger charge is -2.16. The minimum Gasteiger partial charge on any atom is -0.272 e. The molecule has 1 heterocycles. The number of hydrogen-bond acceptors (Lipinski definition) is 5. The molecule has 0 saturated heterocycles. The van der Waals surface area contributed by atoms with Gasteiger partial charge in [-0.15, -0.1) is 0 Å². The molecule has 0 unspecified atom stereocenters. The molecule has 10 heteroatoms. The molecule has 0 aliphatic heterocycles. The molecule has 0 bridgehead atoms. The van der Waals surface area contributed by atoms with E-state index < -0.39 is 15.9 Å². The van der Waals surface area contributed by atoms with Gasteiger partial charge in [0, 0.05) is 30.4 Å². The van der Waals surface area contributed by atoms with E-state index in [0.717, 1.165) is 21.3 Å². The number of nitrogens with zero attached hydrogens (tertiary/aromatic N) is 4. The highest BCUT2D eigenvalue weighted by Gasteiger charge is 2.22. The molecule has 2 rings (SSSR count). The van der Waals surface area contributed by atoms with Gasteiger partial charge in [0.2, 0.25) is 10.0 Å². The maximum Gasteiger partial charge on any atom is 0.255 e. The summed E-state index contributed by atoms with van der Waals surface area (Å²) >= 11 is 5.76. The highest BCUT2D eigenvalue weighted by Crippen LogP contribution is 2.17. The fourth-order valence-corrected chi connectivity index (χ4v) is 3.51. The number of likely N-dealkylation sites (N-methyl/N-ethyl adjacent to an activating group) is 1. The maximum absolute atomic E-state index is 12.4. The van der Waals surface area contributed by atoms with Gasteiger partial charge in [0.1, 0.15) is 0 Å². The second kappa shape index (κ2) is 7.98. The Kier molecular flexibility index (Phi) is 6.17. The number of amides is 1. The molecule has 0 aliphatic rings. The Balaban J connectivity index is 2.00. The zero-order chi connectivity index (χ0) is 19.5. The van der Waals surface area contributed by atoms with Crippen molar-refractivity contribution in [3.05, 3.63) is 46.2 Å². The van der Waals surface area contributed by atoms with Crippen molar-refractivity contribution in [1.29, 1.82) is 0 Å². The number of aryl methyl sites for hydroxylation is 2. The third-order valence-electron chi connectivity index (χ3n) is 3.84. The maximum atomic E-state index is 12.4. The fourth-order valence-electron chi connectivity index (χ4n) is 2.25. The van der Waals surface area contributed by atoms with Gasteiger partial charge >= 0.3 is 0 Å². The monoisotopic (exact) mass is 397 g/mol. The van der Waals surface area contributed by atoms with Crippen LogP contribution in [0.2, 0.25) is 5.02 Å². The smallest absolute Gasteiger partial charge is 0.255 e. The molecule has 0 atom stereocenters. The Morgan fingerprint density at radius 3 is 2.50 bits per heavy atom. The summed E-state index contributed by atoms with van der Waals surface area (Å²) in [6, 6.07) is 5.73. The molecule has 1 amide bonds. The minimum atomic E-state index is -3.79. The molecule has 0 saturated carbocycles. The van der Waals surface area contributed by atoms with Crippen LogP contribution in [0.25, 0.3) is 0 Å². The van der Waals surface area contributed by atoms with Crippen molar-refractivity contribution >= 4 is 33.7 Å². The van der Waals surface area contributed by atoms with Crippen LogP contribution in [-0.2, 0) is 21.9 Å². The first-order valence-corrected chi connectivity index (χ1v) is 9.48. The predicted octanol–water partition coefficient (Wildman–Crippen LogP) is 1.46. The number of halogens is 1. The number of benzene rings is 1. The molecule has 1 N–H and O–H groups in total. The quantitative estimate of drug-likeness (QED) is 0.589. The minimum absolute atomic E-state index is 0.0577. The van der Waals surface area contributed by atoms with Crippen molar-refractivity contribution in [2.24, 2.45) is 12.1 Å². The zero-order valence-electron chi connectivity index (χ0n) is 14.9. The molecule has 0 fully saturated rings. The molecule has 0 radical (unpaired) electrons. The summed E-state index contributed by atoms with van der Waals surface area (Å²) in [7, 11) is -0.653. The Morgan fingerprint density at radius 2 is 1.96 bits per heavy atom. The first-order chi connectivity index (χ1) is 12.1. The summed E-state index contributed by atoms with van der Waals surface area (Å²) in [5, 5.41) is 8.55. The lowest BCUT2D eigenvalue weighted by atomic mass is 10.2. The third-order valence-corrected chi connectivity index (χ3v) is 5.91. The molecule has 1 aromatic heterocycles. The first kappa shape index (κ1) is 20.1. The van der Waals surface area contributed by atoms with Crippen molar-refractivity contribution in [1.82, 2.24) is 19.5 Å². The van der Waals surface area contributed by atoms with E-state index in [1.165, 1.54) is 37.5 Å². The van der Waals surface area contributed by atoms with Crippen LogP contribution in [0.15, 0.2) is 34.3 Å². The van der Waals surface area contributed by atoms with Gasteiger partial charge < -0.3 is 0 Å². The summed E-state index contributed by atoms with van der Waals surface area (Å²) in [4.78, 5) is 12.0. The van der Waals surface area contributed by atoms with Gasteiger partial charge in [-0.3, -0.25) is 9.48 Å². The highest BCUT2D eigenvalue weighted by molar-refractivity contribution is 7.89. The third kappa shape index (κ3) is 4.48. The van der Waals surface area contributed by atoms with E-state index in [9.17, 15) is 13.2 Å². The number of sulfonamides is 1. The molecule has 2 aromatic rings. The van der Waals surface area contributed by atoms with Gasteiger partial charge in [0.15, 0.2) is 0 Å². The summed E-state index contributed by atoms with van der Waals surface area (Å²) in [6.45, 7) is 3.35. The van der Waals surface area contributed by atoms with E-state index in [-0.39, 0.29) is 11.4 Å². The summed E-state index contributed by atoms with van der Waals surface area (Å²) in [5.74, 6) is -0.555. The lowest BCUT2D eigenvalue weighted by Crippen LogP contribution is -2.36. The largest absolute Gasteiger partial charge is 0.272 e. The SMILES string of the molecule is Cc1nn(C)c(C)c1/C=N\NC(=O)CN(C)S(=O)(=O)c1ccc(Cl)cc1. The number of carbonyl (C=O) groups is 1. The second-order valence-corrected chi connectivity index (χ2v) is 8.20. The van der Waals surface area contributed by atoms with Crippen LogP contribution < -0.4 is 5.43 Å². The Hall–Kier alpha value is -2.23. The van der Waals surface area contributed by atoms with Crippen LogP contribution in [0.3, 0.4) is 0 Å². The number of nitrogens with one attached hydrogen (secondary N) is 1. The van der Waals surface area contributed by atoms with Gasteiger partial charge in [-0.1, -0.05) is 11.6 Å². The van der Waals surface area contributed by atoms with E-state index in [1.54, 1.807) is 4.68 Å². The predicted molar refractivity (Wildman–Crippen MR) is 99.7 cm³/mol. The molecular weight excluding hydrogens is 378 g/mol. The molecule has 140 valence electrons. The first-order valence-electron chi connectivity index (χ1n) is 7.67. The Morgan fingerprint density at radius 1 is 1.35 bits per heavy atom. The Labute approximate surface area is 157 Å². The van der Waals surface area contributed by atoms with Gasteiger partial charge in [0.05, 0.1) is 23.3 Å². The van der Waals surface area contributed by atoms with Crippen LogP contribution in [0.1, 0.15) is 17.0 Å². The van der Waals surface area contributed by atoms with E-state index in [2.05, 4.69) is 15.6 Å². The highest BCUT2D eigenvalue weighted by atomic mass is 35.5. The number of aromatic nitrogens is 2. The fraction of sp³-hybridized carbons (Fsp3) is 0.312. The van der Waals surface area contributed by atoms with Crippen molar-refractivity contribution in [3.63, 3.8) is 0 Å². The van der Waals surface area contributed by atoms with E-state index in [4.69, 9.17) is 11.6 Å². The van der Waals surface area contributed by atoms with Crippen molar-refractivity contribution in [2.75, 3.05) is 13.6 Å². The van der Waals surface area contributed by atoms with Crippen molar-refractivity contribution in [3.8, 4) is 0 Å². The van der Waals surface area contributed by atoms with Crippen LogP contribution in [0.4, 0.5) is 0 Å². The van der Waals surface area contributed by atoms with Gasteiger partial charge in [-0.2, -0.15) is 14.5 Å². The number of rotatable bonds is 6. The topological polar surface area (TPSA) is 96.7 Å². The lowest BCUT2D eigenvalue weighted by molar-refractivity contribution is -0.121. The van der Waals surface area contributed by atoms with Gasteiger partial charge in [-0.05, 0) is 38.1 Å². The number of hydrazone groups is 1. The number of hydrogen-bond donors (Lipinski definition) is 1. The summed E-state index contributed by atoms with van der Waals surface area (Å²) < 4.78 is 27.5. The molecule has 8 nitrogen and oxygen atoms in total. The van der Waals surface area contributed by atoms with E-state index in [0.29, 0.717) is 5.02 Å². The van der Waals surface area contributed by atoms with E-state index in [1.807, 2.05) is 20.9 Å². The normalized spacial score (nSPS) is 12.1. The van der Waals surface area contributed by atoms with Gasteiger partial charge in [0.25, 0.3) is 5.91 Å². The second-order valence-electron chi connectivity index (χ2n) is 5.72. The zero-order valence-corrected chi connectivity index (χ0v) is 16.5. The average molecular weight is 398 g/mol. The van der Waals surface area contributed by atoms with Crippen LogP contribution in [-0.4, -0.2) is 48.2 Å². The Bertz CT molecular complexity index is 936. The molecule has 26 heavy (non-hydrogen) atoms. The molecular formula is C16H20ClN5O3S. The standard InChI is InChI=1S/C16H20ClN5O3S/c1-11-15(12(2)22(4)20-11)9-18-19-16(23)10-21(3)26(24,25)14-7-5-13(17)6-8-14/h5-9H,10H2,1-4H3,(H,19,23)/b18-9-. The van der Waals surface area contributed by atoms with Crippen molar-refractivity contribution < 1.29 is 13.2 Å². The van der Waals surface area contributed by atoms with Crippen LogP contribution in [0, 0.1) is 13.8 Å². The van der Waals surface area contributed by atoms with Crippen LogP contribution >= 0.6 is 11.6 Å². The molecule has 1 aromatic carbocycles. The number of carbonyl (C=O) groups excluding carboxylic acids is 1. The average Bonchev–Trinajstić information content (AvgIpc) is 2.81. The van der Waals surface area contributed by atoms with Gasteiger partial charge in [-0.25, -0.2) is 13.8 Å². The summed E-state index contributed by atoms with van der Waals surface area (Å²) in [6.07, 6.45) is 1.49. The van der Waals surface area contributed by atoms with Crippen molar-refractivity contribution in [2.45, 2.75) is 18.7 Å². The van der Waals surface area contributed by atoms with E-state index >= 15 is 0 Å².